The van der Waals surface area contributed by atoms with E-state index in [1.54, 1.807) is 0 Å². The highest BCUT2D eigenvalue weighted by Gasteiger charge is 2.29. The molecule has 0 aliphatic heterocycles. The number of rotatable bonds is 10. The Labute approximate surface area is 145 Å². The first-order valence-corrected chi connectivity index (χ1v) is 8.30. The SMILES string of the molecule is CCCCCCOC(=O)CCC(=O)OCc1ccc(C(F)(F)F)cc1. The molecule has 0 unspecified atom stereocenters. The summed E-state index contributed by atoms with van der Waals surface area (Å²) in [6.07, 6.45) is -0.594. The van der Waals surface area contributed by atoms with Crippen LogP contribution in [0.25, 0.3) is 0 Å². The van der Waals surface area contributed by atoms with Crippen molar-refractivity contribution in [2.24, 2.45) is 0 Å². The molecule has 1 aromatic rings. The third-order valence-corrected chi connectivity index (χ3v) is 3.48. The second kappa shape index (κ2) is 10.7. The minimum Gasteiger partial charge on any atom is -0.466 e. The number of carbonyl (C=O) groups excluding carboxylic acids is 2. The Bertz CT molecular complexity index is 538. The molecule has 140 valence electrons. The summed E-state index contributed by atoms with van der Waals surface area (Å²) in [5.41, 5.74) is -0.316. The maximum atomic E-state index is 12.4. The van der Waals surface area contributed by atoms with Gasteiger partial charge in [0.1, 0.15) is 6.61 Å². The molecule has 0 saturated heterocycles. The highest BCUT2D eigenvalue weighted by Crippen LogP contribution is 2.29. The van der Waals surface area contributed by atoms with E-state index in [0.717, 1.165) is 37.8 Å². The fourth-order valence-electron chi connectivity index (χ4n) is 2.02. The lowest BCUT2D eigenvalue weighted by Gasteiger charge is -2.08. The minimum absolute atomic E-state index is 0.0698. The average molecular weight is 360 g/mol. The van der Waals surface area contributed by atoms with Gasteiger partial charge in [-0.05, 0) is 24.1 Å². The first kappa shape index (κ1) is 21.0. The summed E-state index contributed by atoms with van der Waals surface area (Å²) in [5.74, 6) is -1.05. The standard InChI is InChI=1S/C18H23F3O4/c1-2-3-4-5-12-24-16(22)10-11-17(23)25-13-14-6-8-15(9-7-14)18(19,20)21/h6-9H,2-5,10-13H2,1H3. The summed E-state index contributed by atoms with van der Waals surface area (Å²) in [5, 5.41) is 0. The van der Waals surface area contributed by atoms with Crippen molar-refractivity contribution in [2.75, 3.05) is 6.61 Å². The summed E-state index contributed by atoms with van der Waals surface area (Å²) in [6, 6.07) is 4.36. The number of esters is 2. The number of halogens is 3. The van der Waals surface area contributed by atoms with Gasteiger partial charge in [-0.3, -0.25) is 9.59 Å². The lowest BCUT2D eigenvalue weighted by Crippen LogP contribution is -2.11. The Kier molecular flexibility index (Phi) is 9.02. The molecule has 0 bridgehead atoms. The number of hydrogen-bond acceptors (Lipinski definition) is 4. The van der Waals surface area contributed by atoms with Crippen LogP contribution in [0.3, 0.4) is 0 Å². The molecule has 0 aliphatic carbocycles. The largest absolute Gasteiger partial charge is 0.466 e. The van der Waals surface area contributed by atoms with Crippen molar-refractivity contribution in [1.82, 2.24) is 0 Å². The second-order valence-corrected chi connectivity index (χ2v) is 5.64. The zero-order valence-corrected chi connectivity index (χ0v) is 14.2. The van der Waals surface area contributed by atoms with E-state index in [2.05, 4.69) is 6.92 Å². The fourth-order valence-corrected chi connectivity index (χ4v) is 2.02. The van der Waals surface area contributed by atoms with E-state index >= 15 is 0 Å². The Morgan fingerprint density at radius 1 is 0.920 bits per heavy atom. The Morgan fingerprint density at radius 3 is 2.08 bits per heavy atom. The van der Waals surface area contributed by atoms with Gasteiger partial charge in [-0.15, -0.1) is 0 Å². The maximum Gasteiger partial charge on any atom is 0.416 e. The smallest absolute Gasteiger partial charge is 0.416 e. The van der Waals surface area contributed by atoms with Crippen LogP contribution in [0.2, 0.25) is 0 Å². The summed E-state index contributed by atoms with van der Waals surface area (Å²) in [4.78, 5) is 23.0. The van der Waals surface area contributed by atoms with Crippen molar-refractivity contribution in [2.45, 2.75) is 58.2 Å². The molecule has 0 aliphatic rings. The molecule has 0 radical (unpaired) electrons. The van der Waals surface area contributed by atoms with Crippen LogP contribution in [0.4, 0.5) is 13.2 Å². The van der Waals surface area contributed by atoms with E-state index in [4.69, 9.17) is 9.47 Å². The summed E-state index contributed by atoms with van der Waals surface area (Å²) >= 11 is 0. The number of carbonyl (C=O) groups is 2. The first-order chi connectivity index (χ1) is 11.8. The van der Waals surface area contributed by atoms with E-state index in [-0.39, 0.29) is 19.4 Å². The monoisotopic (exact) mass is 360 g/mol. The van der Waals surface area contributed by atoms with Crippen LogP contribution in [0.5, 0.6) is 0 Å². The summed E-state index contributed by atoms with van der Waals surface area (Å²) in [6.45, 7) is 2.30. The molecule has 0 spiro atoms. The third-order valence-electron chi connectivity index (χ3n) is 3.48. The van der Waals surface area contributed by atoms with E-state index in [0.29, 0.717) is 12.2 Å². The molecule has 0 amide bonds. The summed E-state index contributed by atoms with van der Waals surface area (Å²) < 4.78 is 47.2. The second-order valence-electron chi connectivity index (χ2n) is 5.64. The Morgan fingerprint density at radius 2 is 1.52 bits per heavy atom. The summed E-state index contributed by atoms with van der Waals surface area (Å²) in [7, 11) is 0. The van der Waals surface area contributed by atoms with Crippen LogP contribution in [-0.4, -0.2) is 18.5 Å². The van der Waals surface area contributed by atoms with Gasteiger partial charge in [0.15, 0.2) is 0 Å². The van der Waals surface area contributed by atoms with Crippen molar-refractivity contribution >= 4 is 11.9 Å². The first-order valence-electron chi connectivity index (χ1n) is 8.30. The number of unbranched alkanes of at least 4 members (excludes halogenated alkanes) is 3. The molecule has 7 heteroatoms. The highest BCUT2D eigenvalue weighted by atomic mass is 19.4. The molecule has 0 N–H and O–H groups in total. The van der Waals surface area contributed by atoms with Gasteiger partial charge >= 0.3 is 18.1 Å². The molecular weight excluding hydrogens is 337 g/mol. The number of benzene rings is 1. The number of hydrogen-bond donors (Lipinski definition) is 0. The zero-order valence-electron chi connectivity index (χ0n) is 14.2. The van der Waals surface area contributed by atoms with Crippen LogP contribution >= 0.6 is 0 Å². The van der Waals surface area contributed by atoms with Gasteiger partial charge in [-0.25, -0.2) is 0 Å². The van der Waals surface area contributed by atoms with Crippen molar-refractivity contribution < 1.29 is 32.2 Å². The van der Waals surface area contributed by atoms with E-state index in [1.807, 2.05) is 0 Å². The van der Waals surface area contributed by atoms with Gasteiger partial charge in [-0.2, -0.15) is 13.2 Å². The molecule has 0 heterocycles. The van der Waals surface area contributed by atoms with Crippen LogP contribution in [0.1, 0.15) is 56.6 Å². The van der Waals surface area contributed by atoms with Crippen LogP contribution < -0.4 is 0 Å². The van der Waals surface area contributed by atoms with E-state index in [9.17, 15) is 22.8 Å². The number of alkyl halides is 3. The van der Waals surface area contributed by atoms with Gasteiger partial charge in [0.25, 0.3) is 0 Å². The van der Waals surface area contributed by atoms with Crippen molar-refractivity contribution in [1.29, 1.82) is 0 Å². The molecule has 4 nitrogen and oxygen atoms in total. The fraction of sp³-hybridized carbons (Fsp3) is 0.556. The van der Waals surface area contributed by atoms with Crippen molar-refractivity contribution in [3.63, 3.8) is 0 Å². The zero-order chi connectivity index (χ0) is 18.7. The van der Waals surface area contributed by atoms with Crippen LogP contribution in [0, 0.1) is 0 Å². The topological polar surface area (TPSA) is 52.6 Å². The van der Waals surface area contributed by atoms with Gasteiger partial charge in [0, 0.05) is 0 Å². The quantitative estimate of drug-likeness (QED) is 0.450. The molecule has 0 aromatic heterocycles. The van der Waals surface area contributed by atoms with Gasteiger partial charge in [0.05, 0.1) is 25.0 Å². The molecule has 1 aromatic carbocycles. The van der Waals surface area contributed by atoms with Gasteiger partial charge in [0.2, 0.25) is 0 Å². The predicted molar refractivity (Wildman–Crippen MR) is 85.6 cm³/mol. The lowest BCUT2D eigenvalue weighted by molar-refractivity contribution is -0.151. The predicted octanol–water partition coefficient (Wildman–Crippen LogP) is 4.65. The molecule has 0 atom stereocenters. The molecule has 25 heavy (non-hydrogen) atoms. The number of ether oxygens (including phenoxy) is 2. The molecular formula is C18H23F3O4. The van der Waals surface area contributed by atoms with Gasteiger partial charge < -0.3 is 9.47 Å². The molecule has 1 rings (SSSR count). The van der Waals surface area contributed by atoms with E-state index < -0.39 is 23.7 Å². The average Bonchev–Trinajstić information content (AvgIpc) is 2.57. The Hall–Kier alpha value is -2.05. The molecule has 0 saturated carbocycles. The molecule has 0 fully saturated rings. The normalized spacial score (nSPS) is 11.2. The van der Waals surface area contributed by atoms with Crippen LogP contribution in [-0.2, 0) is 31.8 Å². The Balaban J connectivity index is 2.21. The van der Waals surface area contributed by atoms with Crippen molar-refractivity contribution in [3.05, 3.63) is 35.4 Å². The lowest BCUT2D eigenvalue weighted by atomic mass is 10.1. The highest BCUT2D eigenvalue weighted by molar-refractivity contribution is 5.77. The minimum atomic E-state index is -4.40. The third kappa shape index (κ3) is 9.12. The van der Waals surface area contributed by atoms with Gasteiger partial charge in [-0.1, -0.05) is 38.3 Å². The maximum absolute atomic E-state index is 12.4. The van der Waals surface area contributed by atoms with Crippen molar-refractivity contribution in [3.8, 4) is 0 Å². The van der Waals surface area contributed by atoms with Crippen LogP contribution in [0.15, 0.2) is 24.3 Å². The van der Waals surface area contributed by atoms with E-state index in [1.165, 1.54) is 12.1 Å².